The Labute approximate surface area is 261 Å². The Bertz CT molecular complexity index is 1550. The summed E-state index contributed by atoms with van der Waals surface area (Å²) in [6.45, 7) is 5.83. The number of carbonyl (C=O) groups excluding carboxylic acids is 3. The number of benzene rings is 2. The predicted octanol–water partition coefficient (Wildman–Crippen LogP) is 4.25. The zero-order valence-electron chi connectivity index (χ0n) is 25.5. The minimum absolute atomic E-state index is 0.0644. The molecule has 5 atom stereocenters. The molecule has 4 aliphatic heterocycles. The Morgan fingerprint density at radius 3 is 2.64 bits per heavy atom. The number of cyclic esters (lactones) is 1. The monoisotopic (exact) mass is 640 g/mol. The fourth-order valence-electron chi connectivity index (χ4n) is 7.78. The summed E-state index contributed by atoms with van der Waals surface area (Å²) in [6, 6.07) is 11.0. The van der Waals surface area contributed by atoms with Crippen LogP contribution in [0.15, 0.2) is 42.5 Å². The molecule has 2 aromatic rings. The van der Waals surface area contributed by atoms with Gasteiger partial charge >= 0.3 is 6.09 Å². The zero-order valence-corrected chi connectivity index (χ0v) is 26.5. The second-order valence-corrected chi connectivity index (χ2v) is 16.6. The molecule has 0 radical (unpaired) electrons. The van der Waals surface area contributed by atoms with Gasteiger partial charge in [0.25, 0.3) is 11.6 Å². The van der Waals surface area contributed by atoms with Gasteiger partial charge < -0.3 is 28.5 Å². The lowest BCUT2D eigenvalue weighted by atomic mass is 9.82. The van der Waals surface area contributed by atoms with Gasteiger partial charge in [-0.05, 0) is 49.7 Å². The van der Waals surface area contributed by atoms with Gasteiger partial charge in [-0.15, -0.1) is 0 Å². The molecule has 6 rings (SSSR count). The standard InChI is InChI=1S/C31H37FN4O8Si/c1-19-28(45(2,3)32)26(16-27(38)33-11-5-8-23(33)18-37)44-31(19)24-15-22(36(41)42)9-10-25(24)35(29(31)39)17-20-6-4-7-21(14-20)34-12-13-43-30(34)40/h4,6-7,9-10,14-15,19,23,26,28,37H,5,8,11-13,16-18H2,1-3H3/t19-,23-,26+,28-,31+/m0/s1. The molecule has 45 heavy (non-hydrogen) atoms. The van der Waals surface area contributed by atoms with Gasteiger partial charge in [-0.25, -0.2) is 4.79 Å². The number of aliphatic hydroxyl groups is 1. The maximum Gasteiger partial charge on any atom is 0.414 e. The number of nitrogens with zero attached hydrogens (tertiary/aromatic N) is 4. The first-order valence-electron chi connectivity index (χ1n) is 15.3. The summed E-state index contributed by atoms with van der Waals surface area (Å²) < 4.78 is 27.9. The van der Waals surface area contributed by atoms with E-state index in [0.29, 0.717) is 36.4 Å². The Hall–Kier alpha value is -3.88. The number of carbonyl (C=O) groups is 3. The van der Waals surface area contributed by atoms with Crippen molar-refractivity contribution in [2.75, 3.05) is 36.1 Å². The van der Waals surface area contributed by atoms with Crippen molar-refractivity contribution in [2.45, 2.75) is 69.1 Å². The van der Waals surface area contributed by atoms with Gasteiger partial charge in [0.1, 0.15) is 6.61 Å². The van der Waals surface area contributed by atoms with Gasteiger partial charge in [0.15, 0.2) is 5.60 Å². The molecule has 3 fully saturated rings. The highest BCUT2D eigenvalue weighted by atomic mass is 28.4. The molecule has 0 aromatic heterocycles. The highest BCUT2D eigenvalue weighted by Gasteiger charge is 2.67. The van der Waals surface area contributed by atoms with Crippen LogP contribution in [-0.2, 0) is 31.2 Å². The van der Waals surface area contributed by atoms with Gasteiger partial charge in [0.2, 0.25) is 14.3 Å². The SMILES string of the molecule is C[C@H]1[C@H]([Si](C)(C)F)[C@@H](CC(=O)N2CCC[C@H]2CO)O[C@]12C(=O)N(Cc1cccc(N3CCOC3=O)c1)c1ccc([N+](=O)[O-])cc12. The number of likely N-dealkylation sites (tertiary alicyclic amines) is 1. The summed E-state index contributed by atoms with van der Waals surface area (Å²) >= 11 is 0. The van der Waals surface area contributed by atoms with Crippen LogP contribution in [0.5, 0.6) is 0 Å². The summed E-state index contributed by atoms with van der Waals surface area (Å²) in [5.41, 5.74) is -0.752. The van der Waals surface area contributed by atoms with Crippen LogP contribution in [0, 0.1) is 16.0 Å². The molecule has 0 aliphatic carbocycles. The van der Waals surface area contributed by atoms with Crippen LogP contribution in [0.3, 0.4) is 0 Å². The maximum absolute atomic E-state index is 16.2. The van der Waals surface area contributed by atoms with Gasteiger partial charge in [0.05, 0.1) is 48.9 Å². The van der Waals surface area contributed by atoms with E-state index in [-0.39, 0.29) is 49.4 Å². The summed E-state index contributed by atoms with van der Waals surface area (Å²) in [5, 5.41) is 21.7. The van der Waals surface area contributed by atoms with Crippen molar-refractivity contribution >= 4 is 43.4 Å². The fourth-order valence-corrected chi connectivity index (χ4v) is 10.3. The first-order chi connectivity index (χ1) is 21.4. The van der Waals surface area contributed by atoms with E-state index in [1.54, 1.807) is 30.0 Å². The first-order valence-corrected chi connectivity index (χ1v) is 18.2. The number of hydrogen-bond donors (Lipinski definition) is 1. The quantitative estimate of drug-likeness (QED) is 0.195. The summed E-state index contributed by atoms with van der Waals surface area (Å²) in [6.07, 6.45) is -0.150. The largest absolute Gasteiger partial charge is 0.447 e. The van der Waals surface area contributed by atoms with E-state index in [0.717, 1.165) is 6.42 Å². The number of ether oxygens (including phenoxy) is 2. The zero-order chi connectivity index (χ0) is 32.3. The molecule has 14 heteroatoms. The molecule has 1 N–H and O–H groups in total. The molecule has 0 bridgehead atoms. The number of halogens is 1. The van der Waals surface area contributed by atoms with Gasteiger partial charge in [0, 0.05) is 41.4 Å². The number of nitro groups is 1. The van der Waals surface area contributed by atoms with Crippen LogP contribution in [0.25, 0.3) is 0 Å². The van der Waals surface area contributed by atoms with E-state index in [4.69, 9.17) is 9.47 Å². The predicted molar refractivity (Wildman–Crippen MR) is 164 cm³/mol. The molecular weight excluding hydrogens is 603 g/mol. The van der Waals surface area contributed by atoms with E-state index >= 15 is 4.11 Å². The second kappa shape index (κ2) is 11.5. The molecule has 12 nitrogen and oxygen atoms in total. The van der Waals surface area contributed by atoms with Crippen LogP contribution < -0.4 is 9.80 Å². The van der Waals surface area contributed by atoms with Gasteiger partial charge in [-0.1, -0.05) is 19.1 Å². The third-order valence-electron chi connectivity index (χ3n) is 9.76. The maximum atomic E-state index is 16.2. The Balaban J connectivity index is 1.39. The Morgan fingerprint density at radius 2 is 1.98 bits per heavy atom. The molecule has 240 valence electrons. The number of rotatable bonds is 8. The molecular formula is C31H37FN4O8Si. The van der Waals surface area contributed by atoms with E-state index in [1.165, 1.54) is 41.1 Å². The minimum Gasteiger partial charge on any atom is -0.447 e. The molecule has 0 saturated carbocycles. The molecule has 0 unspecified atom stereocenters. The number of fused-ring (bicyclic) bond motifs is 2. The van der Waals surface area contributed by atoms with E-state index in [1.807, 2.05) is 6.07 Å². The van der Waals surface area contributed by atoms with Gasteiger partial charge in [-0.3, -0.25) is 24.6 Å². The molecule has 4 aliphatic rings. The number of aliphatic hydroxyl groups excluding tert-OH is 1. The number of anilines is 2. The third-order valence-corrected chi connectivity index (χ3v) is 12.2. The van der Waals surface area contributed by atoms with Crippen molar-refractivity contribution in [1.29, 1.82) is 0 Å². The van der Waals surface area contributed by atoms with Crippen molar-refractivity contribution in [3.05, 3.63) is 63.7 Å². The van der Waals surface area contributed by atoms with Crippen LogP contribution >= 0.6 is 0 Å². The lowest BCUT2D eigenvalue weighted by Crippen LogP contribution is -2.45. The number of hydrogen-bond acceptors (Lipinski definition) is 8. The Kier molecular flexibility index (Phi) is 7.94. The smallest absolute Gasteiger partial charge is 0.414 e. The Morgan fingerprint density at radius 1 is 1.20 bits per heavy atom. The summed E-state index contributed by atoms with van der Waals surface area (Å²) in [7, 11) is -3.59. The van der Waals surface area contributed by atoms with Crippen LogP contribution in [0.2, 0.25) is 18.6 Å². The van der Waals surface area contributed by atoms with Crippen LogP contribution in [0.1, 0.15) is 37.3 Å². The van der Waals surface area contributed by atoms with Crippen molar-refractivity contribution in [3.63, 3.8) is 0 Å². The van der Waals surface area contributed by atoms with Crippen molar-refractivity contribution < 1.29 is 38.0 Å². The van der Waals surface area contributed by atoms with Crippen LogP contribution in [0.4, 0.5) is 26.0 Å². The second-order valence-electron chi connectivity index (χ2n) is 12.8. The lowest BCUT2D eigenvalue weighted by Gasteiger charge is -2.31. The van der Waals surface area contributed by atoms with Crippen molar-refractivity contribution in [1.82, 2.24) is 4.90 Å². The summed E-state index contributed by atoms with van der Waals surface area (Å²) in [4.78, 5) is 56.2. The topological polar surface area (TPSA) is 143 Å². The third kappa shape index (κ3) is 5.18. The molecule has 3 amide bonds. The highest BCUT2D eigenvalue weighted by Crippen LogP contribution is 2.60. The van der Waals surface area contributed by atoms with E-state index < -0.39 is 48.5 Å². The van der Waals surface area contributed by atoms with Gasteiger partial charge in [-0.2, -0.15) is 0 Å². The minimum atomic E-state index is -3.59. The van der Waals surface area contributed by atoms with E-state index in [2.05, 4.69) is 0 Å². The number of nitro benzene ring substituents is 1. The molecule has 3 saturated heterocycles. The van der Waals surface area contributed by atoms with Crippen molar-refractivity contribution in [2.24, 2.45) is 5.92 Å². The normalized spacial score (nSPS) is 27.9. The number of non-ortho nitro benzene ring substituents is 1. The van der Waals surface area contributed by atoms with Crippen LogP contribution in [-0.4, -0.2) is 79.7 Å². The molecule has 2 aromatic carbocycles. The summed E-state index contributed by atoms with van der Waals surface area (Å²) in [5.74, 6) is -1.50. The number of amides is 3. The van der Waals surface area contributed by atoms with Crippen molar-refractivity contribution in [3.8, 4) is 0 Å². The molecule has 4 heterocycles. The molecule has 1 spiro atoms. The van der Waals surface area contributed by atoms with E-state index in [9.17, 15) is 29.6 Å². The average molecular weight is 641 g/mol. The fraction of sp³-hybridized carbons (Fsp3) is 0.516. The first kappa shape index (κ1) is 31.1. The lowest BCUT2D eigenvalue weighted by molar-refractivity contribution is -0.385. The highest BCUT2D eigenvalue weighted by molar-refractivity contribution is 6.72. The average Bonchev–Trinajstić information content (AvgIpc) is 3.76.